The zero-order chi connectivity index (χ0) is 17.3. The third kappa shape index (κ3) is 3.88. The molecule has 128 valence electrons. The van der Waals surface area contributed by atoms with Gasteiger partial charge >= 0.3 is 0 Å². The SMILES string of the molecule is O=C1NCCCc2nc(NS(=O)(=O)Cc3cc(F)cc(F)c3)sc21. The van der Waals surface area contributed by atoms with Gasteiger partial charge in [0.1, 0.15) is 16.5 Å². The summed E-state index contributed by atoms with van der Waals surface area (Å²) < 4.78 is 52.9. The van der Waals surface area contributed by atoms with Crippen molar-refractivity contribution in [2.24, 2.45) is 0 Å². The summed E-state index contributed by atoms with van der Waals surface area (Å²) in [4.78, 5) is 16.4. The van der Waals surface area contributed by atoms with Crippen LogP contribution >= 0.6 is 11.3 Å². The fourth-order valence-corrected chi connectivity index (χ4v) is 4.68. The first-order chi connectivity index (χ1) is 11.3. The Morgan fingerprint density at radius 2 is 1.96 bits per heavy atom. The van der Waals surface area contributed by atoms with Crippen LogP contribution in [-0.2, 0) is 22.2 Å². The van der Waals surface area contributed by atoms with Crippen LogP contribution in [0.25, 0.3) is 0 Å². The molecule has 3 rings (SSSR count). The van der Waals surface area contributed by atoms with Crippen LogP contribution in [0.15, 0.2) is 18.2 Å². The molecule has 1 aliphatic heterocycles. The van der Waals surface area contributed by atoms with Crippen molar-refractivity contribution in [1.82, 2.24) is 10.3 Å². The van der Waals surface area contributed by atoms with Crippen LogP contribution in [0.2, 0.25) is 0 Å². The van der Waals surface area contributed by atoms with E-state index >= 15 is 0 Å². The molecule has 0 saturated heterocycles. The zero-order valence-electron chi connectivity index (χ0n) is 12.3. The van der Waals surface area contributed by atoms with Crippen LogP contribution in [0, 0.1) is 11.6 Å². The van der Waals surface area contributed by atoms with Crippen molar-refractivity contribution in [2.45, 2.75) is 18.6 Å². The summed E-state index contributed by atoms with van der Waals surface area (Å²) in [6.07, 6.45) is 1.29. The lowest BCUT2D eigenvalue weighted by Gasteiger charge is -2.06. The molecular weight excluding hydrogens is 360 g/mol. The average molecular weight is 373 g/mol. The number of fused-ring (bicyclic) bond motifs is 1. The molecule has 24 heavy (non-hydrogen) atoms. The van der Waals surface area contributed by atoms with Crippen molar-refractivity contribution in [3.05, 3.63) is 46.0 Å². The van der Waals surface area contributed by atoms with Crippen LogP contribution in [0.1, 0.15) is 27.3 Å². The molecule has 6 nitrogen and oxygen atoms in total. The van der Waals surface area contributed by atoms with Gasteiger partial charge in [0, 0.05) is 12.6 Å². The van der Waals surface area contributed by atoms with Crippen molar-refractivity contribution in [3.8, 4) is 0 Å². The van der Waals surface area contributed by atoms with E-state index in [4.69, 9.17) is 0 Å². The number of rotatable bonds is 4. The molecule has 0 aliphatic carbocycles. The number of aryl methyl sites for hydroxylation is 1. The molecule has 0 atom stereocenters. The first-order valence-electron chi connectivity index (χ1n) is 7.06. The van der Waals surface area contributed by atoms with Gasteiger partial charge in [-0.25, -0.2) is 22.2 Å². The largest absolute Gasteiger partial charge is 0.351 e. The van der Waals surface area contributed by atoms with Gasteiger partial charge in [0.2, 0.25) is 10.0 Å². The van der Waals surface area contributed by atoms with E-state index in [0.717, 1.165) is 29.9 Å². The topological polar surface area (TPSA) is 88.2 Å². The summed E-state index contributed by atoms with van der Waals surface area (Å²) >= 11 is 0.939. The lowest BCUT2D eigenvalue weighted by atomic mass is 10.2. The number of carbonyl (C=O) groups is 1. The maximum Gasteiger partial charge on any atom is 0.263 e. The summed E-state index contributed by atoms with van der Waals surface area (Å²) in [6, 6.07) is 2.57. The molecule has 0 spiro atoms. The molecule has 10 heteroatoms. The number of nitrogens with one attached hydrogen (secondary N) is 2. The van der Waals surface area contributed by atoms with Crippen LogP contribution in [0.5, 0.6) is 0 Å². The van der Waals surface area contributed by atoms with Gasteiger partial charge in [0.15, 0.2) is 5.13 Å². The van der Waals surface area contributed by atoms with Gasteiger partial charge in [-0.1, -0.05) is 11.3 Å². The van der Waals surface area contributed by atoms with Crippen LogP contribution in [-0.4, -0.2) is 25.9 Å². The molecule has 0 fully saturated rings. The normalized spacial score (nSPS) is 14.7. The smallest absolute Gasteiger partial charge is 0.263 e. The molecule has 1 amide bonds. The molecular formula is C14H13F2N3O3S2. The second-order valence-corrected chi connectivity index (χ2v) is 8.01. The number of halogens is 2. The van der Waals surface area contributed by atoms with Crippen molar-refractivity contribution >= 4 is 32.4 Å². The number of thiazole rings is 1. The Labute approximate surface area is 141 Å². The Bertz CT molecular complexity index is 876. The second-order valence-electron chi connectivity index (χ2n) is 5.29. The van der Waals surface area contributed by atoms with Crippen LogP contribution in [0.4, 0.5) is 13.9 Å². The molecule has 0 unspecified atom stereocenters. The van der Waals surface area contributed by atoms with E-state index in [-0.39, 0.29) is 16.6 Å². The first kappa shape index (κ1) is 16.8. The van der Waals surface area contributed by atoms with Gasteiger partial charge in [-0.05, 0) is 30.5 Å². The molecule has 0 radical (unpaired) electrons. The van der Waals surface area contributed by atoms with Gasteiger partial charge in [-0.3, -0.25) is 9.52 Å². The second kappa shape index (κ2) is 6.44. The van der Waals surface area contributed by atoms with Gasteiger partial charge in [0.25, 0.3) is 5.91 Å². The van der Waals surface area contributed by atoms with Crippen molar-refractivity contribution in [2.75, 3.05) is 11.3 Å². The maximum absolute atomic E-state index is 13.2. The lowest BCUT2D eigenvalue weighted by Crippen LogP contribution is -2.21. The number of nitrogens with zero attached hydrogens (tertiary/aromatic N) is 1. The molecule has 1 aromatic heterocycles. The first-order valence-corrected chi connectivity index (χ1v) is 9.53. The highest BCUT2D eigenvalue weighted by molar-refractivity contribution is 7.92. The van der Waals surface area contributed by atoms with E-state index in [0.29, 0.717) is 29.6 Å². The molecule has 1 aromatic carbocycles. The number of hydrogen-bond donors (Lipinski definition) is 2. The van der Waals surface area contributed by atoms with E-state index in [1.54, 1.807) is 0 Å². The van der Waals surface area contributed by atoms with Crippen molar-refractivity contribution < 1.29 is 22.0 Å². The molecule has 2 aromatic rings. The fourth-order valence-electron chi connectivity index (χ4n) is 2.36. The molecule has 0 bridgehead atoms. The predicted octanol–water partition coefficient (Wildman–Crippen LogP) is 2.04. The summed E-state index contributed by atoms with van der Waals surface area (Å²) in [6.45, 7) is 0.550. The summed E-state index contributed by atoms with van der Waals surface area (Å²) in [5.74, 6) is -2.58. The number of amides is 1. The van der Waals surface area contributed by atoms with Gasteiger partial charge in [0.05, 0.1) is 11.4 Å². The predicted molar refractivity (Wildman–Crippen MR) is 85.4 cm³/mol. The van der Waals surface area contributed by atoms with Crippen LogP contribution in [0.3, 0.4) is 0 Å². The van der Waals surface area contributed by atoms with Crippen molar-refractivity contribution in [1.29, 1.82) is 0 Å². The maximum atomic E-state index is 13.2. The third-order valence-corrected chi connectivity index (χ3v) is 5.66. The van der Waals surface area contributed by atoms with E-state index in [9.17, 15) is 22.0 Å². The van der Waals surface area contributed by atoms with E-state index in [1.165, 1.54) is 0 Å². The minimum absolute atomic E-state index is 0.0177. The highest BCUT2D eigenvalue weighted by Crippen LogP contribution is 2.26. The molecule has 1 aliphatic rings. The monoisotopic (exact) mass is 373 g/mol. The molecule has 2 N–H and O–H groups in total. The average Bonchev–Trinajstić information content (AvgIpc) is 2.75. The van der Waals surface area contributed by atoms with Gasteiger partial charge in [-0.2, -0.15) is 0 Å². The number of sulfonamides is 1. The van der Waals surface area contributed by atoms with E-state index < -0.39 is 27.4 Å². The standard InChI is InChI=1S/C14H13F2N3O3S2/c15-9-4-8(5-10(16)6-9)7-24(21,22)19-14-18-11-2-1-3-17-13(20)12(11)23-14/h4-6H,1-3,7H2,(H,17,20)(H,18,19). The Morgan fingerprint density at radius 1 is 1.25 bits per heavy atom. The zero-order valence-corrected chi connectivity index (χ0v) is 13.9. The van der Waals surface area contributed by atoms with Gasteiger partial charge in [-0.15, -0.1) is 0 Å². The summed E-state index contributed by atoms with van der Waals surface area (Å²) in [5, 5.41) is 2.76. The van der Waals surface area contributed by atoms with Crippen molar-refractivity contribution in [3.63, 3.8) is 0 Å². The lowest BCUT2D eigenvalue weighted by molar-refractivity contribution is 0.0960. The van der Waals surface area contributed by atoms with Crippen LogP contribution < -0.4 is 10.0 Å². The summed E-state index contributed by atoms with van der Waals surface area (Å²) in [7, 11) is -3.91. The quantitative estimate of drug-likeness (QED) is 0.858. The number of aromatic nitrogens is 1. The van der Waals surface area contributed by atoms with E-state index in [1.807, 2.05) is 0 Å². The molecule has 0 saturated carbocycles. The molecule has 2 heterocycles. The number of anilines is 1. The summed E-state index contributed by atoms with van der Waals surface area (Å²) in [5.41, 5.74) is 0.528. The Morgan fingerprint density at radius 3 is 2.67 bits per heavy atom. The number of benzene rings is 1. The van der Waals surface area contributed by atoms with Gasteiger partial charge < -0.3 is 5.32 Å². The highest BCUT2D eigenvalue weighted by Gasteiger charge is 2.23. The Hall–Kier alpha value is -2.07. The third-order valence-electron chi connectivity index (χ3n) is 3.30. The van der Waals surface area contributed by atoms with E-state index in [2.05, 4.69) is 15.0 Å². The Balaban J connectivity index is 1.80. The minimum atomic E-state index is -3.91. The minimum Gasteiger partial charge on any atom is -0.351 e. The fraction of sp³-hybridized carbons (Fsp3) is 0.286. The number of carbonyl (C=O) groups excluding carboxylic acids is 1. The highest BCUT2D eigenvalue weighted by atomic mass is 32.2. The Kier molecular flexibility index (Phi) is 4.50. The number of hydrogen-bond acceptors (Lipinski definition) is 5.